The number of phenolic OH excluding ortho intramolecular Hbond substituents is 1. The van der Waals surface area contributed by atoms with Crippen molar-refractivity contribution in [1.29, 1.82) is 0 Å². The summed E-state index contributed by atoms with van der Waals surface area (Å²) >= 11 is 0. The van der Waals surface area contributed by atoms with E-state index in [0.29, 0.717) is 11.1 Å². The molecule has 2 aromatic rings. The standard InChI is InChI=1S/C14H12O4/c1-14(2)6-5-9-7-8-3-4-10(15)17-12(8)11(16)13(9)18-14/h3-7,16H,1-2H3. The molecular formula is C14H12O4. The number of ether oxygens (including phenoxy) is 1. The molecule has 1 aliphatic rings. The van der Waals surface area contributed by atoms with E-state index in [1.165, 1.54) is 6.07 Å². The summed E-state index contributed by atoms with van der Waals surface area (Å²) in [4.78, 5) is 11.2. The van der Waals surface area contributed by atoms with E-state index in [9.17, 15) is 9.90 Å². The lowest BCUT2D eigenvalue weighted by molar-refractivity contribution is 0.153. The van der Waals surface area contributed by atoms with Crippen molar-refractivity contribution < 1.29 is 14.3 Å². The predicted octanol–water partition coefficient (Wildman–Crippen LogP) is 2.68. The van der Waals surface area contributed by atoms with Crippen LogP contribution in [0, 0.1) is 0 Å². The van der Waals surface area contributed by atoms with Crippen molar-refractivity contribution in [2.75, 3.05) is 0 Å². The van der Waals surface area contributed by atoms with Gasteiger partial charge in [0.15, 0.2) is 11.3 Å². The molecule has 0 atom stereocenters. The summed E-state index contributed by atoms with van der Waals surface area (Å²) in [6.45, 7) is 3.77. The molecule has 1 aromatic carbocycles. The SMILES string of the molecule is CC1(C)C=Cc2cc3ccc(=O)oc3c(O)c2O1. The molecule has 0 aliphatic carbocycles. The van der Waals surface area contributed by atoms with E-state index in [1.807, 2.05) is 32.1 Å². The summed E-state index contributed by atoms with van der Waals surface area (Å²) in [6, 6.07) is 4.76. The van der Waals surface area contributed by atoms with Crippen molar-refractivity contribution >= 4 is 17.0 Å². The van der Waals surface area contributed by atoms with Gasteiger partial charge in [0.1, 0.15) is 5.60 Å². The van der Waals surface area contributed by atoms with Crippen LogP contribution in [-0.2, 0) is 0 Å². The van der Waals surface area contributed by atoms with Crippen molar-refractivity contribution in [3.05, 3.63) is 40.3 Å². The van der Waals surface area contributed by atoms with Crippen molar-refractivity contribution in [2.24, 2.45) is 0 Å². The highest BCUT2D eigenvalue weighted by atomic mass is 16.5. The minimum Gasteiger partial charge on any atom is -0.502 e. The van der Waals surface area contributed by atoms with E-state index in [-0.39, 0.29) is 11.3 Å². The second kappa shape index (κ2) is 3.38. The van der Waals surface area contributed by atoms with Crippen LogP contribution in [0.3, 0.4) is 0 Å². The van der Waals surface area contributed by atoms with Crippen LogP contribution >= 0.6 is 0 Å². The average Bonchev–Trinajstić information content (AvgIpc) is 2.31. The predicted molar refractivity (Wildman–Crippen MR) is 67.9 cm³/mol. The summed E-state index contributed by atoms with van der Waals surface area (Å²) < 4.78 is 10.7. The van der Waals surface area contributed by atoms with Crippen LogP contribution in [0.1, 0.15) is 19.4 Å². The van der Waals surface area contributed by atoms with Gasteiger partial charge in [0, 0.05) is 17.0 Å². The summed E-state index contributed by atoms with van der Waals surface area (Å²) in [6.07, 6.45) is 3.81. The Hall–Kier alpha value is -2.23. The molecular weight excluding hydrogens is 232 g/mol. The third-order valence-electron chi connectivity index (χ3n) is 2.90. The molecule has 0 unspecified atom stereocenters. The molecule has 0 fully saturated rings. The zero-order valence-electron chi connectivity index (χ0n) is 10.1. The molecule has 0 saturated carbocycles. The van der Waals surface area contributed by atoms with Gasteiger partial charge >= 0.3 is 5.63 Å². The smallest absolute Gasteiger partial charge is 0.336 e. The third-order valence-corrected chi connectivity index (χ3v) is 2.90. The molecule has 3 rings (SSSR count). The first-order chi connectivity index (χ1) is 8.46. The van der Waals surface area contributed by atoms with Crippen LogP contribution in [-0.4, -0.2) is 10.7 Å². The Morgan fingerprint density at radius 3 is 2.83 bits per heavy atom. The fourth-order valence-corrected chi connectivity index (χ4v) is 2.02. The van der Waals surface area contributed by atoms with E-state index >= 15 is 0 Å². The van der Waals surface area contributed by atoms with Gasteiger partial charge in [0.2, 0.25) is 5.75 Å². The van der Waals surface area contributed by atoms with Gasteiger partial charge in [-0.15, -0.1) is 0 Å². The quantitative estimate of drug-likeness (QED) is 0.724. The molecule has 4 nitrogen and oxygen atoms in total. The van der Waals surface area contributed by atoms with E-state index in [4.69, 9.17) is 9.15 Å². The van der Waals surface area contributed by atoms with Gasteiger partial charge in [-0.05, 0) is 32.1 Å². The van der Waals surface area contributed by atoms with E-state index < -0.39 is 11.2 Å². The molecule has 1 aromatic heterocycles. The Labute approximate surface area is 103 Å². The summed E-state index contributed by atoms with van der Waals surface area (Å²) in [5.41, 5.74) is -0.0587. The average molecular weight is 244 g/mol. The van der Waals surface area contributed by atoms with Crippen molar-refractivity contribution in [3.8, 4) is 11.5 Å². The van der Waals surface area contributed by atoms with Crippen LogP contribution in [0.4, 0.5) is 0 Å². The molecule has 2 heterocycles. The van der Waals surface area contributed by atoms with Crippen LogP contribution in [0.2, 0.25) is 0 Å². The molecule has 1 N–H and O–H groups in total. The normalized spacial score (nSPS) is 16.3. The number of fused-ring (bicyclic) bond motifs is 2. The molecule has 0 saturated heterocycles. The number of benzene rings is 1. The Morgan fingerprint density at radius 2 is 2.06 bits per heavy atom. The lowest BCUT2D eigenvalue weighted by Gasteiger charge is -2.28. The molecule has 0 spiro atoms. The fraction of sp³-hybridized carbons (Fsp3) is 0.214. The first-order valence-electron chi connectivity index (χ1n) is 5.64. The van der Waals surface area contributed by atoms with Crippen molar-refractivity contribution in [3.63, 3.8) is 0 Å². The molecule has 92 valence electrons. The molecule has 0 bridgehead atoms. The number of hydrogen-bond acceptors (Lipinski definition) is 4. The molecule has 1 aliphatic heterocycles. The minimum absolute atomic E-state index is 0.127. The Bertz CT molecular complexity index is 722. The van der Waals surface area contributed by atoms with Gasteiger partial charge in [-0.25, -0.2) is 4.79 Å². The highest BCUT2D eigenvalue weighted by Gasteiger charge is 2.26. The second-order valence-corrected chi connectivity index (χ2v) is 4.86. The van der Waals surface area contributed by atoms with Gasteiger partial charge < -0.3 is 14.3 Å². The Balaban J connectivity index is 2.36. The van der Waals surface area contributed by atoms with Gasteiger partial charge in [-0.1, -0.05) is 6.08 Å². The Morgan fingerprint density at radius 1 is 1.28 bits per heavy atom. The first kappa shape index (κ1) is 10.9. The van der Waals surface area contributed by atoms with Crippen LogP contribution in [0.25, 0.3) is 17.0 Å². The number of aromatic hydroxyl groups is 1. The Kier molecular flexibility index (Phi) is 2.05. The van der Waals surface area contributed by atoms with Crippen LogP contribution in [0.15, 0.2) is 33.5 Å². The van der Waals surface area contributed by atoms with Crippen molar-refractivity contribution in [1.82, 2.24) is 0 Å². The molecule has 0 radical (unpaired) electrons. The molecule has 18 heavy (non-hydrogen) atoms. The highest BCUT2D eigenvalue weighted by molar-refractivity contribution is 5.89. The van der Waals surface area contributed by atoms with Crippen LogP contribution < -0.4 is 10.4 Å². The summed E-state index contributed by atoms with van der Waals surface area (Å²) in [5.74, 6) is 0.224. The van der Waals surface area contributed by atoms with Gasteiger partial charge in [-0.2, -0.15) is 0 Å². The zero-order chi connectivity index (χ0) is 12.9. The van der Waals surface area contributed by atoms with E-state index in [1.54, 1.807) is 6.07 Å². The van der Waals surface area contributed by atoms with Gasteiger partial charge in [0.05, 0.1) is 0 Å². The molecule has 4 heteroatoms. The lowest BCUT2D eigenvalue weighted by Crippen LogP contribution is -2.27. The van der Waals surface area contributed by atoms with Gasteiger partial charge in [0.25, 0.3) is 0 Å². The topological polar surface area (TPSA) is 59.7 Å². The highest BCUT2D eigenvalue weighted by Crippen LogP contribution is 2.42. The van der Waals surface area contributed by atoms with E-state index in [2.05, 4.69) is 0 Å². The first-order valence-corrected chi connectivity index (χ1v) is 5.64. The van der Waals surface area contributed by atoms with Gasteiger partial charge in [-0.3, -0.25) is 0 Å². The lowest BCUT2D eigenvalue weighted by atomic mass is 10.0. The number of phenols is 1. The number of rotatable bonds is 0. The maximum atomic E-state index is 11.2. The van der Waals surface area contributed by atoms with Crippen molar-refractivity contribution in [2.45, 2.75) is 19.4 Å². The third kappa shape index (κ3) is 1.57. The number of hydrogen-bond donors (Lipinski definition) is 1. The monoisotopic (exact) mass is 244 g/mol. The summed E-state index contributed by atoms with van der Waals surface area (Å²) in [7, 11) is 0. The molecule has 0 amide bonds. The van der Waals surface area contributed by atoms with Crippen LogP contribution in [0.5, 0.6) is 11.5 Å². The maximum absolute atomic E-state index is 11.2. The maximum Gasteiger partial charge on any atom is 0.336 e. The fourth-order valence-electron chi connectivity index (χ4n) is 2.02. The summed E-state index contributed by atoms with van der Waals surface area (Å²) in [5, 5.41) is 10.8. The second-order valence-electron chi connectivity index (χ2n) is 4.86. The largest absolute Gasteiger partial charge is 0.502 e. The van der Waals surface area contributed by atoms with E-state index in [0.717, 1.165) is 5.56 Å². The zero-order valence-corrected chi connectivity index (χ0v) is 10.1. The minimum atomic E-state index is -0.497.